The molecular weight excluding hydrogens is 298 g/mol. The Balaban J connectivity index is 2.20. The highest BCUT2D eigenvalue weighted by Gasteiger charge is 2.17. The van der Waals surface area contributed by atoms with Gasteiger partial charge in [0.1, 0.15) is 11.6 Å². The first-order valence-electron chi connectivity index (χ1n) is 6.04. The van der Waals surface area contributed by atoms with Gasteiger partial charge in [-0.05, 0) is 19.4 Å². The molecule has 2 aromatic rings. The number of sulfonamides is 1. The molecule has 2 N–H and O–H groups in total. The molecule has 2 rings (SSSR count). The minimum Gasteiger partial charge on any atom is -0.370 e. The van der Waals surface area contributed by atoms with Gasteiger partial charge in [-0.2, -0.15) is 4.37 Å². The van der Waals surface area contributed by atoms with Gasteiger partial charge in [-0.15, -0.1) is 0 Å². The van der Waals surface area contributed by atoms with E-state index in [0.717, 1.165) is 24.5 Å². The van der Waals surface area contributed by atoms with Crippen LogP contribution >= 0.6 is 11.5 Å². The zero-order valence-corrected chi connectivity index (χ0v) is 12.8. The smallest absolute Gasteiger partial charge is 0.263 e. The number of pyridine rings is 1. The molecule has 0 saturated heterocycles. The Bertz CT molecular complexity index is 684. The van der Waals surface area contributed by atoms with Crippen LogP contribution in [0, 0.1) is 6.92 Å². The lowest BCUT2D eigenvalue weighted by molar-refractivity contribution is 0.601. The van der Waals surface area contributed by atoms with E-state index in [1.807, 2.05) is 6.92 Å². The summed E-state index contributed by atoms with van der Waals surface area (Å²) in [6.45, 7) is 4.46. The third kappa shape index (κ3) is 3.64. The minimum atomic E-state index is -3.67. The van der Waals surface area contributed by atoms with Gasteiger partial charge < -0.3 is 5.32 Å². The highest BCUT2D eigenvalue weighted by molar-refractivity contribution is 7.93. The van der Waals surface area contributed by atoms with Crippen molar-refractivity contribution in [2.75, 3.05) is 16.6 Å². The largest absolute Gasteiger partial charge is 0.370 e. The van der Waals surface area contributed by atoms with Crippen molar-refractivity contribution in [2.45, 2.75) is 25.2 Å². The summed E-state index contributed by atoms with van der Waals surface area (Å²) in [5.74, 6) is 1.07. The van der Waals surface area contributed by atoms with Crippen molar-refractivity contribution in [1.82, 2.24) is 14.3 Å². The highest BCUT2D eigenvalue weighted by atomic mass is 32.2. The normalized spacial score (nSPS) is 11.3. The average Bonchev–Trinajstić information content (AvgIpc) is 2.81. The summed E-state index contributed by atoms with van der Waals surface area (Å²) >= 11 is 1.01. The number of nitrogens with one attached hydrogen (secondary N) is 2. The monoisotopic (exact) mass is 313 g/mol. The van der Waals surface area contributed by atoms with Crippen molar-refractivity contribution in [1.29, 1.82) is 0 Å². The maximum Gasteiger partial charge on any atom is 0.263 e. The molecule has 0 atom stereocenters. The fourth-order valence-electron chi connectivity index (χ4n) is 1.44. The van der Waals surface area contributed by atoms with Crippen LogP contribution in [-0.4, -0.2) is 29.3 Å². The zero-order chi connectivity index (χ0) is 14.6. The quantitative estimate of drug-likeness (QED) is 0.845. The van der Waals surface area contributed by atoms with Gasteiger partial charge in [0.05, 0.1) is 4.90 Å². The molecule has 2 heterocycles. The molecule has 0 amide bonds. The molecule has 0 aliphatic heterocycles. The molecule has 20 heavy (non-hydrogen) atoms. The van der Waals surface area contributed by atoms with Crippen LogP contribution in [0.3, 0.4) is 0 Å². The molecule has 7 nitrogen and oxygen atoms in total. The highest BCUT2D eigenvalue weighted by Crippen LogP contribution is 2.18. The summed E-state index contributed by atoms with van der Waals surface area (Å²) in [6, 6.07) is 2.93. The van der Waals surface area contributed by atoms with Crippen LogP contribution in [0.15, 0.2) is 23.2 Å². The van der Waals surface area contributed by atoms with Gasteiger partial charge in [0.15, 0.2) is 0 Å². The lowest BCUT2D eigenvalue weighted by atomic mass is 10.4. The number of hydrogen-bond acceptors (Lipinski definition) is 7. The number of aromatic nitrogens is 3. The topological polar surface area (TPSA) is 96.9 Å². The van der Waals surface area contributed by atoms with E-state index in [2.05, 4.69) is 24.4 Å². The summed E-state index contributed by atoms with van der Waals surface area (Å²) in [6.07, 6.45) is 2.39. The molecule has 2 aromatic heterocycles. The number of rotatable bonds is 6. The van der Waals surface area contributed by atoms with Gasteiger partial charge in [-0.25, -0.2) is 18.4 Å². The SMILES string of the molecule is CCCNc1cc(S(=O)(=O)Nc2nc(C)ns2)ccn1. The Labute approximate surface area is 121 Å². The van der Waals surface area contributed by atoms with Crippen LogP contribution in [0.2, 0.25) is 0 Å². The first-order valence-corrected chi connectivity index (χ1v) is 8.30. The minimum absolute atomic E-state index is 0.138. The van der Waals surface area contributed by atoms with Gasteiger partial charge in [-0.1, -0.05) is 6.92 Å². The molecule has 0 aliphatic carbocycles. The number of anilines is 2. The molecule has 0 aliphatic rings. The average molecular weight is 313 g/mol. The first kappa shape index (κ1) is 14.7. The summed E-state index contributed by atoms with van der Waals surface area (Å²) in [7, 11) is -3.67. The number of nitrogens with zero attached hydrogens (tertiary/aromatic N) is 3. The second-order valence-electron chi connectivity index (χ2n) is 4.06. The standard InChI is InChI=1S/C11H15N5O2S2/c1-3-5-12-10-7-9(4-6-13-10)20(17,18)16-11-14-8(2)15-19-11/h4,6-7H,3,5H2,1-2H3,(H,12,13)(H,14,15,16). The van der Waals surface area contributed by atoms with Crippen molar-refractivity contribution in [3.05, 3.63) is 24.2 Å². The molecular formula is C11H15N5O2S2. The maximum absolute atomic E-state index is 12.2. The van der Waals surface area contributed by atoms with Crippen molar-refractivity contribution in [3.8, 4) is 0 Å². The summed E-state index contributed by atoms with van der Waals surface area (Å²) in [5.41, 5.74) is 0. The van der Waals surface area contributed by atoms with E-state index in [1.165, 1.54) is 18.3 Å². The van der Waals surface area contributed by atoms with Crippen molar-refractivity contribution >= 4 is 32.5 Å². The molecule has 0 saturated carbocycles. The lowest BCUT2D eigenvalue weighted by Gasteiger charge is -2.07. The summed E-state index contributed by atoms with van der Waals surface area (Å²) in [4.78, 5) is 8.19. The molecule has 108 valence electrons. The fourth-order valence-corrected chi connectivity index (χ4v) is 3.25. The summed E-state index contributed by atoms with van der Waals surface area (Å²) < 4.78 is 30.7. The second kappa shape index (κ2) is 6.14. The van der Waals surface area contributed by atoms with Crippen molar-refractivity contribution < 1.29 is 8.42 Å². The van der Waals surface area contributed by atoms with E-state index in [-0.39, 0.29) is 10.0 Å². The van der Waals surface area contributed by atoms with Gasteiger partial charge in [0, 0.05) is 30.3 Å². The Hall–Kier alpha value is -1.74. The first-order chi connectivity index (χ1) is 9.51. The molecule has 0 bridgehead atoms. The predicted octanol–water partition coefficient (Wildman–Crippen LogP) is 1.86. The Morgan fingerprint density at radius 3 is 2.85 bits per heavy atom. The van der Waals surface area contributed by atoms with Crippen LogP contribution in [0.4, 0.5) is 10.9 Å². The van der Waals surface area contributed by atoms with Crippen LogP contribution < -0.4 is 10.0 Å². The fraction of sp³-hybridized carbons (Fsp3) is 0.364. The number of hydrogen-bond donors (Lipinski definition) is 2. The Kier molecular flexibility index (Phi) is 4.50. The predicted molar refractivity (Wildman–Crippen MR) is 78.5 cm³/mol. The Morgan fingerprint density at radius 2 is 2.20 bits per heavy atom. The molecule has 0 aromatic carbocycles. The van der Waals surface area contributed by atoms with E-state index in [1.54, 1.807) is 6.92 Å². The maximum atomic E-state index is 12.2. The van der Waals surface area contributed by atoms with Crippen LogP contribution in [0.25, 0.3) is 0 Å². The van der Waals surface area contributed by atoms with Crippen LogP contribution in [-0.2, 0) is 10.0 Å². The van der Waals surface area contributed by atoms with E-state index >= 15 is 0 Å². The van der Waals surface area contributed by atoms with E-state index in [9.17, 15) is 8.42 Å². The van der Waals surface area contributed by atoms with Crippen LogP contribution in [0.1, 0.15) is 19.2 Å². The van der Waals surface area contributed by atoms with Gasteiger partial charge in [0.2, 0.25) is 5.13 Å². The third-order valence-corrected chi connectivity index (χ3v) is 4.53. The Morgan fingerprint density at radius 1 is 1.40 bits per heavy atom. The van der Waals surface area contributed by atoms with E-state index < -0.39 is 10.0 Å². The third-order valence-electron chi connectivity index (χ3n) is 2.35. The van der Waals surface area contributed by atoms with Crippen molar-refractivity contribution in [2.24, 2.45) is 0 Å². The van der Waals surface area contributed by atoms with E-state index in [0.29, 0.717) is 11.6 Å². The van der Waals surface area contributed by atoms with Gasteiger partial charge in [-0.3, -0.25) is 4.72 Å². The molecule has 0 spiro atoms. The summed E-state index contributed by atoms with van der Waals surface area (Å²) in [5, 5.41) is 3.30. The zero-order valence-electron chi connectivity index (χ0n) is 11.1. The number of aryl methyl sites for hydroxylation is 1. The molecule has 0 radical (unpaired) electrons. The molecule has 0 unspecified atom stereocenters. The van der Waals surface area contributed by atoms with Crippen molar-refractivity contribution in [3.63, 3.8) is 0 Å². The molecule has 9 heteroatoms. The van der Waals surface area contributed by atoms with Gasteiger partial charge in [0.25, 0.3) is 10.0 Å². The lowest BCUT2D eigenvalue weighted by Crippen LogP contribution is -2.13. The molecule has 0 fully saturated rings. The van der Waals surface area contributed by atoms with E-state index in [4.69, 9.17) is 0 Å². The van der Waals surface area contributed by atoms with Gasteiger partial charge >= 0.3 is 0 Å². The second-order valence-corrected chi connectivity index (χ2v) is 6.49. The van der Waals surface area contributed by atoms with Crippen LogP contribution in [0.5, 0.6) is 0 Å².